The molecule has 1 N–H and O–H groups in total. The van der Waals surface area contributed by atoms with Crippen LogP contribution in [0.25, 0.3) is 0 Å². The zero-order chi connectivity index (χ0) is 17.0. The zero-order valence-corrected chi connectivity index (χ0v) is 15.3. The van der Waals surface area contributed by atoms with Crippen molar-refractivity contribution in [3.63, 3.8) is 0 Å². The van der Waals surface area contributed by atoms with Crippen LogP contribution in [0.1, 0.15) is 25.0 Å². The molecule has 0 amide bonds. The minimum absolute atomic E-state index is 0.181. The van der Waals surface area contributed by atoms with Crippen LogP contribution in [0.3, 0.4) is 0 Å². The van der Waals surface area contributed by atoms with Crippen molar-refractivity contribution in [2.75, 3.05) is 32.8 Å². The standard InChI is InChI=1S/C17H28N2O3S/c1-13(2)17(19-7-9-22-10-8-19)12-18-23(20,21)16-6-5-14(3)15(4)11-16/h5-6,11,13,17-18H,7-10,12H2,1-4H3/t17-/m0/s1. The summed E-state index contributed by atoms with van der Waals surface area (Å²) in [7, 11) is -3.47. The molecule has 0 aromatic heterocycles. The topological polar surface area (TPSA) is 58.6 Å². The summed E-state index contributed by atoms with van der Waals surface area (Å²) >= 11 is 0. The van der Waals surface area contributed by atoms with Crippen LogP contribution in [-0.2, 0) is 14.8 Å². The molecule has 6 heteroatoms. The van der Waals surface area contributed by atoms with E-state index in [2.05, 4.69) is 23.5 Å². The van der Waals surface area contributed by atoms with Crippen molar-refractivity contribution in [1.29, 1.82) is 0 Å². The minimum Gasteiger partial charge on any atom is -0.379 e. The fraction of sp³-hybridized carbons (Fsp3) is 0.647. The minimum atomic E-state index is -3.47. The first-order valence-corrected chi connectivity index (χ1v) is 9.68. The van der Waals surface area contributed by atoms with E-state index in [0.29, 0.717) is 30.6 Å². The number of nitrogens with one attached hydrogen (secondary N) is 1. The second-order valence-electron chi connectivity index (χ2n) is 6.56. The molecule has 130 valence electrons. The SMILES string of the molecule is Cc1ccc(S(=O)(=O)NC[C@@H](C(C)C)N2CCOCC2)cc1C. The van der Waals surface area contributed by atoms with Crippen molar-refractivity contribution >= 4 is 10.0 Å². The van der Waals surface area contributed by atoms with Gasteiger partial charge >= 0.3 is 0 Å². The van der Waals surface area contributed by atoms with Crippen LogP contribution in [-0.4, -0.2) is 52.2 Å². The van der Waals surface area contributed by atoms with E-state index in [1.54, 1.807) is 12.1 Å². The van der Waals surface area contributed by atoms with E-state index >= 15 is 0 Å². The molecule has 0 aliphatic carbocycles. The number of nitrogens with zero attached hydrogens (tertiary/aromatic N) is 1. The average Bonchev–Trinajstić information content (AvgIpc) is 2.50. The molecule has 0 spiro atoms. The molecule has 0 unspecified atom stereocenters. The van der Waals surface area contributed by atoms with Gasteiger partial charge in [-0.05, 0) is 43.0 Å². The van der Waals surface area contributed by atoms with Crippen molar-refractivity contribution < 1.29 is 13.2 Å². The van der Waals surface area contributed by atoms with Crippen LogP contribution >= 0.6 is 0 Å². The lowest BCUT2D eigenvalue weighted by Crippen LogP contribution is -2.51. The van der Waals surface area contributed by atoms with E-state index in [1.807, 2.05) is 19.9 Å². The van der Waals surface area contributed by atoms with Gasteiger partial charge in [0, 0.05) is 25.7 Å². The summed E-state index contributed by atoms with van der Waals surface area (Å²) in [5.74, 6) is 0.371. The smallest absolute Gasteiger partial charge is 0.240 e. The summed E-state index contributed by atoms with van der Waals surface area (Å²) in [4.78, 5) is 2.65. The Bertz CT molecular complexity index is 623. The quantitative estimate of drug-likeness (QED) is 0.860. The highest BCUT2D eigenvalue weighted by atomic mass is 32.2. The van der Waals surface area contributed by atoms with E-state index in [9.17, 15) is 8.42 Å². The number of benzene rings is 1. The van der Waals surface area contributed by atoms with Gasteiger partial charge in [0.25, 0.3) is 0 Å². The molecular formula is C17H28N2O3S. The van der Waals surface area contributed by atoms with Gasteiger partial charge in [0.05, 0.1) is 18.1 Å². The van der Waals surface area contributed by atoms with Gasteiger partial charge in [-0.1, -0.05) is 19.9 Å². The fourth-order valence-corrected chi connectivity index (χ4v) is 3.99. The Morgan fingerprint density at radius 3 is 2.39 bits per heavy atom. The number of aryl methyl sites for hydroxylation is 2. The Morgan fingerprint density at radius 2 is 1.83 bits per heavy atom. The van der Waals surface area contributed by atoms with Crippen molar-refractivity contribution in [3.05, 3.63) is 29.3 Å². The van der Waals surface area contributed by atoms with Gasteiger partial charge in [-0.25, -0.2) is 13.1 Å². The third-order valence-corrected chi connectivity index (χ3v) is 5.98. The molecule has 1 fully saturated rings. The molecule has 23 heavy (non-hydrogen) atoms. The molecule has 0 bridgehead atoms. The normalized spacial score (nSPS) is 18.3. The molecule has 5 nitrogen and oxygen atoms in total. The number of rotatable bonds is 6. The van der Waals surface area contributed by atoms with Crippen molar-refractivity contribution in [1.82, 2.24) is 9.62 Å². The molecule has 0 saturated carbocycles. The van der Waals surface area contributed by atoms with E-state index in [-0.39, 0.29) is 6.04 Å². The van der Waals surface area contributed by atoms with Gasteiger partial charge in [0.2, 0.25) is 10.0 Å². The van der Waals surface area contributed by atoms with Crippen LogP contribution in [0.5, 0.6) is 0 Å². The summed E-state index contributed by atoms with van der Waals surface area (Å²) in [6.07, 6.45) is 0. The molecule has 2 rings (SSSR count). The van der Waals surface area contributed by atoms with Gasteiger partial charge < -0.3 is 4.74 Å². The summed E-state index contributed by atoms with van der Waals surface area (Å²) in [6, 6.07) is 5.44. The van der Waals surface area contributed by atoms with Gasteiger partial charge in [-0.3, -0.25) is 4.90 Å². The van der Waals surface area contributed by atoms with Crippen molar-refractivity contribution in [3.8, 4) is 0 Å². The molecule has 0 radical (unpaired) electrons. The molecule has 1 aliphatic rings. The first kappa shape index (κ1) is 18.4. The van der Waals surface area contributed by atoms with Gasteiger partial charge in [-0.15, -0.1) is 0 Å². The lowest BCUT2D eigenvalue weighted by molar-refractivity contribution is 0.00776. The monoisotopic (exact) mass is 340 g/mol. The third-order valence-electron chi connectivity index (χ3n) is 4.56. The lowest BCUT2D eigenvalue weighted by atomic mass is 10.0. The predicted molar refractivity (Wildman–Crippen MR) is 92.1 cm³/mol. The number of hydrogen-bond donors (Lipinski definition) is 1. The largest absolute Gasteiger partial charge is 0.379 e. The van der Waals surface area contributed by atoms with Crippen molar-refractivity contribution in [2.24, 2.45) is 5.92 Å². The second kappa shape index (κ2) is 7.75. The van der Waals surface area contributed by atoms with Crippen molar-refractivity contribution in [2.45, 2.75) is 38.6 Å². The summed E-state index contributed by atoms with van der Waals surface area (Å²) in [5.41, 5.74) is 2.08. The molecule has 1 aromatic rings. The summed E-state index contributed by atoms with van der Waals surface area (Å²) < 4.78 is 33.3. The summed E-state index contributed by atoms with van der Waals surface area (Å²) in [6.45, 7) is 11.7. The van der Waals surface area contributed by atoms with Crippen LogP contribution in [0.4, 0.5) is 0 Å². The zero-order valence-electron chi connectivity index (χ0n) is 14.5. The maximum atomic E-state index is 12.6. The average molecular weight is 340 g/mol. The Morgan fingerprint density at radius 1 is 1.17 bits per heavy atom. The van der Waals surface area contributed by atoms with Crippen LogP contribution in [0.2, 0.25) is 0 Å². The number of hydrogen-bond acceptors (Lipinski definition) is 4. The van der Waals surface area contributed by atoms with Gasteiger partial charge in [0.1, 0.15) is 0 Å². The molecule has 1 aliphatic heterocycles. The maximum absolute atomic E-state index is 12.6. The van der Waals surface area contributed by atoms with Crippen LogP contribution in [0, 0.1) is 19.8 Å². The maximum Gasteiger partial charge on any atom is 0.240 e. The Hall–Kier alpha value is -0.950. The summed E-state index contributed by atoms with van der Waals surface area (Å²) in [5, 5.41) is 0. The first-order valence-electron chi connectivity index (χ1n) is 8.20. The second-order valence-corrected chi connectivity index (χ2v) is 8.32. The molecule has 1 aromatic carbocycles. The van der Waals surface area contributed by atoms with Crippen LogP contribution < -0.4 is 4.72 Å². The first-order chi connectivity index (χ1) is 10.8. The highest BCUT2D eigenvalue weighted by Gasteiger charge is 2.26. The highest BCUT2D eigenvalue weighted by molar-refractivity contribution is 7.89. The molecule has 1 atom stereocenters. The Kier molecular flexibility index (Phi) is 6.19. The Labute approximate surface area is 140 Å². The van der Waals surface area contributed by atoms with E-state index in [0.717, 1.165) is 24.2 Å². The lowest BCUT2D eigenvalue weighted by Gasteiger charge is -2.36. The number of sulfonamides is 1. The predicted octanol–water partition coefficient (Wildman–Crippen LogP) is 1.94. The van der Waals surface area contributed by atoms with Gasteiger partial charge in [-0.2, -0.15) is 0 Å². The molecule has 1 heterocycles. The fourth-order valence-electron chi connectivity index (χ4n) is 2.86. The van der Waals surface area contributed by atoms with E-state index < -0.39 is 10.0 Å². The molecular weight excluding hydrogens is 312 g/mol. The third kappa shape index (κ3) is 4.76. The van der Waals surface area contributed by atoms with E-state index in [4.69, 9.17) is 4.74 Å². The number of ether oxygens (including phenoxy) is 1. The van der Waals surface area contributed by atoms with Gasteiger partial charge in [0.15, 0.2) is 0 Å². The van der Waals surface area contributed by atoms with E-state index in [1.165, 1.54) is 0 Å². The number of morpholine rings is 1. The molecule has 1 saturated heterocycles. The highest BCUT2D eigenvalue weighted by Crippen LogP contribution is 2.16. The van der Waals surface area contributed by atoms with Crippen LogP contribution in [0.15, 0.2) is 23.1 Å². The Balaban J connectivity index is 2.07.